The summed E-state index contributed by atoms with van der Waals surface area (Å²) in [5, 5.41) is 7.20. The Balaban J connectivity index is 1.48. The third-order valence-corrected chi connectivity index (χ3v) is 4.81. The van der Waals surface area contributed by atoms with Crippen LogP contribution in [0.4, 0.5) is 0 Å². The lowest BCUT2D eigenvalue weighted by Crippen LogP contribution is -2.35. The van der Waals surface area contributed by atoms with Crippen LogP contribution in [0, 0.1) is 0 Å². The second kappa shape index (κ2) is 10.4. The Kier molecular flexibility index (Phi) is 7.41. The van der Waals surface area contributed by atoms with Crippen LogP contribution < -0.4 is 10.1 Å². The fourth-order valence-electron chi connectivity index (χ4n) is 3.03. The van der Waals surface area contributed by atoms with E-state index in [0.717, 1.165) is 30.9 Å². The first kappa shape index (κ1) is 20.6. The summed E-state index contributed by atoms with van der Waals surface area (Å²) in [6, 6.07) is 19.8. The first-order valence-corrected chi connectivity index (χ1v) is 10.0. The molecule has 0 saturated carbocycles. The lowest BCUT2D eigenvalue weighted by molar-refractivity contribution is 0.0942. The minimum Gasteiger partial charge on any atom is -0.471 e. The predicted molar refractivity (Wildman–Crippen MR) is 115 cm³/mol. The summed E-state index contributed by atoms with van der Waals surface area (Å²) >= 11 is 0. The number of carbonyl (C=O) groups excluding carboxylic acids is 1. The van der Waals surface area contributed by atoms with Crippen LogP contribution in [0.1, 0.15) is 24.3 Å². The van der Waals surface area contributed by atoms with Crippen molar-refractivity contribution in [2.75, 3.05) is 26.2 Å². The monoisotopic (exact) mass is 392 g/mol. The van der Waals surface area contributed by atoms with E-state index in [9.17, 15) is 4.79 Å². The van der Waals surface area contributed by atoms with Crippen molar-refractivity contribution >= 4 is 5.91 Å². The minimum atomic E-state index is -0.164. The molecule has 0 bridgehead atoms. The molecule has 0 fully saturated rings. The predicted octanol–water partition coefficient (Wildman–Crippen LogP) is 3.66. The summed E-state index contributed by atoms with van der Waals surface area (Å²) in [6.07, 6.45) is 1.75. The molecule has 0 aliphatic heterocycles. The van der Waals surface area contributed by atoms with Crippen LogP contribution in [-0.2, 0) is 6.73 Å². The fourth-order valence-corrected chi connectivity index (χ4v) is 3.03. The average molecular weight is 393 g/mol. The molecule has 1 heterocycles. The van der Waals surface area contributed by atoms with Gasteiger partial charge in [0.2, 0.25) is 0 Å². The van der Waals surface area contributed by atoms with Crippen LogP contribution >= 0.6 is 0 Å². The number of likely N-dealkylation sites (N-methyl/N-ethyl adjacent to an activating group) is 1. The number of hydrogen-bond donors (Lipinski definition) is 1. The summed E-state index contributed by atoms with van der Waals surface area (Å²) in [5.74, 6) is 0.591. The van der Waals surface area contributed by atoms with Crippen LogP contribution in [0.2, 0.25) is 0 Å². The van der Waals surface area contributed by atoms with Crippen LogP contribution in [0.3, 0.4) is 0 Å². The molecule has 0 spiro atoms. The molecule has 3 aromatic rings. The van der Waals surface area contributed by atoms with E-state index >= 15 is 0 Å². The number of benzene rings is 2. The molecule has 0 radical (unpaired) electrons. The topological polar surface area (TPSA) is 59.4 Å². The summed E-state index contributed by atoms with van der Waals surface area (Å²) in [7, 11) is 0. The van der Waals surface area contributed by atoms with E-state index < -0.39 is 0 Å². The van der Waals surface area contributed by atoms with Gasteiger partial charge in [0, 0.05) is 19.3 Å². The Labute approximate surface area is 172 Å². The zero-order valence-electron chi connectivity index (χ0n) is 17.0. The van der Waals surface area contributed by atoms with Crippen molar-refractivity contribution in [3.63, 3.8) is 0 Å². The molecule has 6 heteroatoms. The first-order valence-electron chi connectivity index (χ1n) is 10.0. The number of hydrogen-bond acceptors (Lipinski definition) is 4. The highest BCUT2D eigenvalue weighted by Gasteiger charge is 2.10. The maximum atomic E-state index is 12.2. The summed E-state index contributed by atoms with van der Waals surface area (Å²) in [4.78, 5) is 14.5. The van der Waals surface area contributed by atoms with Crippen molar-refractivity contribution in [3.8, 4) is 16.9 Å². The van der Waals surface area contributed by atoms with Crippen LogP contribution in [0.25, 0.3) is 11.1 Å². The Morgan fingerprint density at radius 1 is 1.00 bits per heavy atom. The van der Waals surface area contributed by atoms with Crippen LogP contribution in [0.15, 0.2) is 66.9 Å². The van der Waals surface area contributed by atoms with Gasteiger partial charge in [0.1, 0.15) is 11.4 Å². The molecule has 0 aliphatic rings. The van der Waals surface area contributed by atoms with E-state index in [1.54, 1.807) is 16.9 Å². The SMILES string of the molecule is CCN(CC)CCNC(=O)c1ccn(COc2ccc(-c3ccccc3)cc2)n1. The maximum Gasteiger partial charge on any atom is 0.271 e. The zero-order valence-corrected chi connectivity index (χ0v) is 17.0. The van der Waals surface area contributed by atoms with E-state index in [4.69, 9.17) is 4.74 Å². The lowest BCUT2D eigenvalue weighted by atomic mass is 10.1. The molecule has 0 atom stereocenters. The molecule has 3 rings (SSSR count). The molecule has 1 N–H and O–H groups in total. The zero-order chi connectivity index (χ0) is 20.5. The smallest absolute Gasteiger partial charge is 0.271 e. The van der Waals surface area contributed by atoms with Crippen molar-refractivity contribution in [2.24, 2.45) is 0 Å². The summed E-state index contributed by atoms with van der Waals surface area (Å²) in [6.45, 7) is 7.87. The Morgan fingerprint density at radius 2 is 1.69 bits per heavy atom. The molecule has 1 amide bonds. The third-order valence-electron chi connectivity index (χ3n) is 4.81. The van der Waals surface area contributed by atoms with Gasteiger partial charge in [0.25, 0.3) is 5.91 Å². The van der Waals surface area contributed by atoms with Crippen molar-refractivity contribution < 1.29 is 9.53 Å². The van der Waals surface area contributed by atoms with Gasteiger partial charge in [0.05, 0.1) is 0 Å². The maximum absolute atomic E-state index is 12.2. The molecule has 6 nitrogen and oxygen atoms in total. The molecule has 2 aromatic carbocycles. The second-order valence-electron chi connectivity index (χ2n) is 6.69. The lowest BCUT2D eigenvalue weighted by Gasteiger charge is -2.17. The highest BCUT2D eigenvalue weighted by Crippen LogP contribution is 2.22. The second-order valence-corrected chi connectivity index (χ2v) is 6.69. The highest BCUT2D eigenvalue weighted by molar-refractivity contribution is 5.92. The number of aromatic nitrogens is 2. The minimum absolute atomic E-state index is 0.164. The van der Waals surface area contributed by atoms with Crippen molar-refractivity contribution in [1.29, 1.82) is 0 Å². The standard InChI is InChI=1S/C23H28N4O2/c1-3-26(4-2)17-15-24-23(28)22-14-16-27(25-22)18-29-21-12-10-20(11-13-21)19-8-6-5-7-9-19/h5-14,16H,3-4,15,17-18H2,1-2H3,(H,24,28). The summed E-state index contributed by atoms with van der Waals surface area (Å²) < 4.78 is 7.40. The number of amides is 1. The Morgan fingerprint density at radius 3 is 2.38 bits per heavy atom. The molecular weight excluding hydrogens is 364 g/mol. The van der Waals surface area contributed by atoms with Gasteiger partial charge >= 0.3 is 0 Å². The van der Waals surface area contributed by atoms with Gasteiger partial charge in [-0.05, 0) is 42.4 Å². The van der Waals surface area contributed by atoms with E-state index in [1.807, 2.05) is 42.5 Å². The van der Waals surface area contributed by atoms with E-state index in [2.05, 4.69) is 41.3 Å². The van der Waals surface area contributed by atoms with Gasteiger partial charge in [-0.3, -0.25) is 4.79 Å². The van der Waals surface area contributed by atoms with Crippen LogP contribution in [-0.4, -0.2) is 46.8 Å². The number of nitrogens with zero attached hydrogens (tertiary/aromatic N) is 3. The molecule has 29 heavy (non-hydrogen) atoms. The molecule has 0 saturated heterocycles. The van der Waals surface area contributed by atoms with E-state index in [-0.39, 0.29) is 12.6 Å². The molecule has 1 aromatic heterocycles. The number of carbonyl (C=O) groups is 1. The molecule has 0 unspecified atom stereocenters. The molecule has 0 aliphatic carbocycles. The largest absolute Gasteiger partial charge is 0.471 e. The van der Waals surface area contributed by atoms with E-state index in [1.165, 1.54) is 5.56 Å². The number of ether oxygens (including phenoxy) is 1. The van der Waals surface area contributed by atoms with Crippen molar-refractivity contribution in [3.05, 3.63) is 72.6 Å². The first-order chi connectivity index (χ1) is 14.2. The third kappa shape index (κ3) is 5.93. The molecule has 152 valence electrons. The quantitative estimate of drug-likeness (QED) is 0.572. The number of rotatable bonds is 10. The van der Waals surface area contributed by atoms with Gasteiger partial charge < -0.3 is 15.0 Å². The molecular formula is C23H28N4O2. The fraction of sp³-hybridized carbons (Fsp3) is 0.304. The number of nitrogens with one attached hydrogen (secondary N) is 1. The van der Waals surface area contributed by atoms with Gasteiger partial charge in [0.15, 0.2) is 6.73 Å². The van der Waals surface area contributed by atoms with Gasteiger partial charge in [-0.25, -0.2) is 4.68 Å². The van der Waals surface area contributed by atoms with Gasteiger partial charge in [-0.15, -0.1) is 0 Å². The van der Waals surface area contributed by atoms with Crippen molar-refractivity contribution in [1.82, 2.24) is 20.0 Å². The van der Waals surface area contributed by atoms with Crippen LogP contribution in [0.5, 0.6) is 5.75 Å². The summed E-state index contributed by atoms with van der Waals surface area (Å²) in [5.41, 5.74) is 2.70. The Hall–Kier alpha value is -3.12. The van der Waals surface area contributed by atoms with Gasteiger partial charge in [-0.2, -0.15) is 5.10 Å². The average Bonchev–Trinajstić information content (AvgIpc) is 3.25. The van der Waals surface area contributed by atoms with E-state index in [0.29, 0.717) is 12.2 Å². The Bertz CT molecular complexity index is 887. The highest BCUT2D eigenvalue weighted by atomic mass is 16.5. The van der Waals surface area contributed by atoms with Gasteiger partial charge in [-0.1, -0.05) is 56.3 Å². The van der Waals surface area contributed by atoms with Crippen molar-refractivity contribution in [2.45, 2.75) is 20.6 Å². The normalized spacial score (nSPS) is 10.9.